The summed E-state index contributed by atoms with van der Waals surface area (Å²) in [6, 6.07) is 7.11. The Balaban J connectivity index is 2.75. The maximum Gasteiger partial charge on any atom is 0.298 e. The fourth-order valence-electron chi connectivity index (χ4n) is 1.28. The van der Waals surface area contributed by atoms with Gasteiger partial charge in [0.05, 0.1) is 5.69 Å². The molecule has 0 aromatic heterocycles. The highest BCUT2D eigenvalue weighted by atomic mass is 32.2. The van der Waals surface area contributed by atoms with E-state index in [9.17, 15) is 8.42 Å². The van der Waals surface area contributed by atoms with Gasteiger partial charge in [-0.15, -0.1) is 0 Å². The van der Waals surface area contributed by atoms with Crippen LogP contribution >= 0.6 is 0 Å². The molecule has 1 aromatic rings. The maximum atomic E-state index is 11.2. The number of nitrogens with one attached hydrogen (secondary N) is 2. The molecule has 1 aromatic carbocycles. The highest BCUT2D eigenvalue weighted by Crippen LogP contribution is 2.13. The molecule has 6 heteroatoms. The van der Waals surface area contributed by atoms with Gasteiger partial charge in [-0.2, -0.15) is 8.42 Å². The lowest BCUT2D eigenvalue weighted by molar-refractivity contribution is 0.288. The SMILES string of the molecule is CNS(=O)(=O)Nc1cccc(CCCO)c1. The highest BCUT2D eigenvalue weighted by molar-refractivity contribution is 7.90. The molecule has 0 aliphatic rings. The van der Waals surface area contributed by atoms with E-state index in [2.05, 4.69) is 9.44 Å². The van der Waals surface area contributed by atoms with E-state index in [1.165, 1.54) is 7.05 Å². The van der Waals surface area contributed by atoms with E-state index in [1.54, 1.807) is 18.2 Å². The molecule has 0 atom stereocenters. The Hall–Kier alpha value is -1.11. The van der Waals surface area contributed by atoms with E-state index in [0.29, 0.717) is 12.1 Å². The lowest BCUT2D eigenvalue weighted by Crippen LogP contribution is -2.26. The number of aliphatic hydroxyl groups is 1. The number of anilines is 1. The average molecular weight is 244 g/mol. The Morgan fingerprint density at radius 2 is 2.12 bits per heavy atom. The van der Waals surface area contributed by atoms with Crippen LogP contribution < -0.4 is 9.44 Å². The minimum atomic E-state index is -3.46. The van der Waals surface area contributed by atoms with Gasteiger partial charge in [-0.1, -0.05) is 12.1 Å². The molecule has 0 saturated heterocycles. The maximum absolute atomic E-state index is 11.2. The molecule has 0 heterocycles. The molecular weight excluding hydrogens is 228 g/mol. The second-order valence-electron chi connectivity index (χ2n) is 3.34. The van der Waals surface area contributed by atoms with Gasteiger partial charge in [0.1, 0.15) is 0 Å². The molecule has 0 spiro atoms. The van der Waals surface area contributed by atoms with Gasteiger partial charge < -0.3 is 5.11 Å². The summed E-state index contributed by atoms with van der Waals surface area (Å²) >= 11 is 0. The Morgan fingerprint density at radius 3 is 2.75 bits per heavy atom. The standard InChI is InChI=1S/C10H16N2O3S/c1-11-16(14,15)12-10-6-2-4-9(8-10)5-3-7-13/h2,4,6,8,11-13H,3,5,7H2,1H3. The quantitative estimate of drug-likeness (QED) is 0.681. The van der Waals surface area contributed by atoms with Crippen molar-refractivity contribution in [2.24, 2.45) is 0 Å². The summed E-state index contributed by atoms with van der Waals surface area (Å²) in [5.74, 6) is 0. The number of hydrogen-bond acceptors (Lipinski definition) is 3. The molecule has 90 valence electrons. The summed E-state index contributed by atoms with van der Waals surface area (Å²) in [6.45, 7) is 0.131. The molecule has 3 N–H and O–H groups in total. The van der Waals surface area contributed by atoms with Crippen LogP contribution in [0.1, 0.15) is 12.0 Å². The van der Waals surface area contributed by atoms with Gasteiger partial charge in [0.2, 0.25) is 0 Å². The first-order valence-electron chi connectivity index (χ1n) is 4.98. The zero-order valence-corrected chi connectivity index (χ0v) is 9.92. The average Bonchev–Trinajstić information content (AvgIpc) is 2.26. The first-order chi connectivity index (χ1) is 7.57. The first-order valence-corrected chi connectivity index (χ1v) is 6.47. The van der Waals surface area contributed by atoms with Crippen LogP contribution in [-0.2, 0) is 16.6 Å². The van der Waals surface area contributed by atoms with Crippen LogP contribution in [0.3, 0.4) is 0 Å². The topological polar surface area (TPSA) is 78.4 Å². The zero-order chi connectivity index (χ0) is 12.0. The minimum absolute atomic E-state index is 0.131. The van der Waals surface area contributed by atoms with Crippen LogP contribution in [0, 0.1) is 0 Å². The van der Waals surface area contributed by atoms with E-state index in [1.807, 2.05) is 6.07 Å². The molecule has 0 aliphatic heterocycles. The molecule has 0 radical (unpaired) electrons. The third-order valence-corrected chi connectivity index (χ3v) is 3.11. The predicted molar refractivity (Wildman–Crippen MR) is 63.5 cm³/mol. The van der Waals surface area contributed by atoms with Crippen molar-refractivity contribution in [1.82, 2.24) is 4.72 Å². The fraction of sp³-hybridized carbons (Fsp3) is 0.400. The smallest absolute Gasteiger partial charge is 0.298 e. The number of aliphatic hydroxyl groups excluding tert-OH is 1. The Labute approximate surface area is 95.7 Å². The summed E-state index contributed by atoms with van der Waals surface area (Å²) < 4.78 is 27.0. The van der Waals surface area contributed by atoms with Crippen LogP contribution in [0.15, 0.2) is 24.3 Å². The second-order valence-corrected chi connectivity index (χ2v) is 4.96. The molecule has 0 aliphatic carbocycles. The Kier molecular flexibility index (Phi) is 4.72. The van der Waals surface area contributed by atoms with Crippen LogP contribution in [-0.4, -0.2) is 27.2 Å². The Bertz CT molecular complexity index is 431. The van der Waals surface area contributed by atoms with E-state index in [-0.39, 0.29) is 6.61 Å². The van der Waals surface area contributed by atoms with Crippen LogP contribution in [0.2, 0.25) is 0 Å². The lowest BCUT2D eigenvalue weighted by Gasteiger charge is -2.07. The normalized spacial score (nSPS) is 11.4. The summed E-state index contributed by atoms with van der Waals surface area (Å²) in [5.41, 5.74) is 1.51. The van der Waals surface area contributed by atoms with E-state index >= 15 is 0 Å². The van der Waals surface area contributed by atoms with Crippen LogP contribution in [0.5, 0.6) is 0 Å². The van der Waals surface area contributed by atoms with Gasteiger partial charge >= 0.3 is 0 Å². The molecule has 0 unspecified atom stereocenters. The largest absolute Gasteiger partial charge is 0.396 e. The summed E-state index contributed by atoms with van der Waals surface area (Å²) in [4.78, 5) is 0. The number of rotatable bonds is 6. The van der Waals surface area contributed by atoms with E-state index < -0.39 is 10.2 Å². The summed E-state index contributed by atoms with van der Waals surface area (Å²) in [7, 11) is -2.11. The molecule has 5 nitrogen and oxygen atoms in total. The van der Waals surface area contributed by atoms with Crippen molar-refractivity contribution in [1.29, 1.82) is 0 Å². The van der Waals surface area contributed by atoms with Crippen molar-refractivity contribution in [2.45, 2.75) is 12.8 Å². The third-order valence-electron chi connectivity index (χ3n) is 2.07. The summed E-state index contributed by atoms with van der Waals surface area (Å²) in [6.07, 6.45) is 1.40. The van der Waals surface area contributed by atoms with Gasteiger partial charge in [-0.3, -0.25) is 4.72 Å². The second kappa shape index (κ2) is 5.83. The van der Waals surface area contributed by atoms with Crippen molar-refractivity contribution in [3.8, 4) is 0 Å². The van der Waals surface area contributed by atoms with Crippen molar-refractivity contribution >= 4 is 15.9 Å². The fourth-order valence-corrected chi connectivity index (χ4v) is 1.82. The van der Waals surface area contributed by atoms with Gasteiger partial charge in [0.25, 0.3) is 10.2 Å². The molecule has 0 saturated carbocycles. The van der Waals surface area contributed by atoms with E-state index in [4.69, 9.17) is 5.11 Å². The van der Waals surface area contributed by atoms with Crippen LogP contribution in [0.25, 0.3) is 0 Å². The van der Waals surface area contributed by atoms with E-state index in [0.717, 1.165) is 12.0 Å². The monoisotopic (exact) mass is 244 g/mol. The number of hydrogen-bond donors (Lipinski definition) is 3. The number of benzene rings is 1. The third kappa shape index (κ3) is 4.18. The molecule has 0 amide bonds. The molecule has 1 rings (SSSR count). The summed E-state index contributed by atoms with van der Waals surface area (Å²) in [5, 5.41) is 8.70. The van der Waals surface area contributed by atoms with Crippen molar-refractivity contribution in [2.75, 3.05) is 18.4 Å². The molecule has 0 bridgehead atoms. The van der Waals surface area contributed by atoms with Gasteiger partial charge in [0, 0.05) is 13.7 Å². The Morgan fingerprint density at radius 1 is 1.38 bits per heavy atom. The number of aryl methyl sites for hydroxylation is 1. The van der Waals surface area contributed by atoms with Crippen molar-refractivity contribution < 1.29 is 13.5 Å². The van der Waals surface area contributed by atoms with Crippen molar-refractivity contribution in [3.63, 3.8) is 0 Å². The van der Waals surface area contributed by atoms with Gasteiger partial charge in [-0.05, 0) is 30.5 Å². The lowest BCUT2D eigenvalue weighted by atomic mass is 10.1. The van der Waals surface area contributed by atoms with Crippen LogP contribution in [0.4, 0.5) is 5.69 Å². The molecule has 16 heavy (non-hydrogen) atoms. The minimum Gasteiger partial charge on any atom is -0.396 e. The zero-order valence-electron chi connectivity index (χ0n) is 9.10. The predicted octanol–water partition coefficient (Wildman–Crippen LogP) is 0.488. The molecule has 0 fully saturated rings. The highest BCUT2D eigenvalue weighted by Gasteiger charge is 2.05. The molecular formula is C10H16N2O3S. The van der Waals surface area contributed by atoms with Crippen molar-refractivity contribution in [3.05, 3.63) is 29.8 Å². The first kappa shape index (κ1) is 13.0. The van der Waals surface area contributed by atoms with Gasteiger partial charge in [-0.25, -0.2) is 4.72 Å². The van der Waals surface area contributed by atoms with Gasteiger partial charge in [0.15, 0.2) is 0 Å².